The molecule has 0 aliphatic rings. The summed E-state index contributed by atoms with van der Waals surface area (Å²) >= 11 is 3.32. The Bertz CT molecular complexity index is 284. The van der Waals surface area contributed by atoms with Crippen molar-refractivity contribution in [1.82, 2.24) is 15.0 Å². The van der Waals surface area contributed by atoms with E-state index in [1.807, 2.05) is 0 Å². The predicted octanol–water partition coefficient (Wildman–Crippen LogP) is 2.35. The molecule has 0 unspecified atom stereocenters. The first kappa shape index (κ1) is 11.9. The molecule has 0 saturated carbocycles. The van der Waals surface area contributed by atoms with E-state index in [4.69, 9.17) is 4.74 Å². The molecule has 0 saturated heterocycles. The lowest BCUT2D eigenvalue weighted by molar-refractivity contribution is 0.0757. The van der Waals surface area contributed by atoms with Gasteiger partial charge in [-0.1, -0.05) is 24.9 Å². The standard InChI is InChI=1S/C8H16BrN3OSi/c1-14(2,3)5-4-13-7-12-8(9)6-10-11-12/h6H,4-5,7H2,1-3H3. The topological polar surface area (TPSA) is 39.9 Å². The molecular weight excluding hydrogens is 262 g/mol. The summed E-state index contributed by atoms with van der Waals surface area (Å²) in [5.74, 6) is 0. The van der Waals surface area contributed by atoms with Gasteiger partial charge in [0.1, 0.15) is 11.3 Å². The summed E-state index contributed by atoms with van der Waals surface area (Å²) in [6.45, 7) is 8.29. The van der Waals surface area contributed by atoms with Gasteiger partial charge in [0, 0.05) is 14.7 Å². The first-order valence-electron chi connectivity index (χ1n) is 4.61. The van der Waals surface area contributed by atoms with E-state index in [1.165, 1.54) is 6.04 Å². The van der Waals surface area contributed by atoms with E-state index in [0.29, 0.717) is 6.73 Å². The second-order valence-electron chi connectivity index (χ2n) is 4.40. The first-order chi connectivity index (χ1) is 6.49. The van der Waals surface area contributed by atoms with Crippen molar-refractivity contribution in [3.63, 3.8) is 0 Å². The van der Waals surface area contributed by atoms with Gasteiger partial charge in [0.25, 0.3) is 0 Å². The minimum atomic E-state index is -0.975. The van der Waals surface area contributed by atoms with Crippen LogP contribution in [-0.4, -0.2) is 29.7 Å². The number of rotatable bonds is 5. The molecule has 1 rings (SSSR count). The second-order valence-corrected chi connectivity index (χ2v) is 10.8. The number of halogens is 1. The van der Waals surface area contributed by atoms with Crippen LogP contribution in [0.1, 0.15) is 0 Å². The molecule has 0 aliphatic carbocycles. The predicted molar refractivity (Wildman–Crippen MR) is 61.8 cm³/mol. The smallest absolute Gasteiger partial charge is 0.142 e. The molecule has 14 heavy (non-hydrogen) atoms. The SMILES string of the molecule is C[Si](C)(C)CCOCn1nncc1Br. The zero-order valence-corrected chi connectivity index (χ0v) is 11.4. The van der Waals surface area contributed by atoms with Gasteiger partial charge in [0.05, 0.1) is 6.20 Å². The molecule has 0 aromatic carbocycles. The fraction of sp³-hybridized carbons (Fsp3) is 0.750. The molecule has 1 aromatic rings. The molecule has 6 heteroatoms. The van der Waals surface area contributed by atoms with Crippen molar-refractivity contribution in [3.8, 4) is 0 Å². The molecule has 0 radical (unpaired) electrons. The van der Waals surface area contributed by atoms with Crippen molar-refractivity contribution in [2.24, 2.45) is 0 Å². The minimum absolute atomic E-state index is 0.477. The maximum atomic E-state index is 5.50. The summed E-state index contributed by atoms with van der Waals surface area (Å²) in [6.07, 6.45) is 1.65. The van der Waals surface area contributed by atoms with Gasteiger partial charge in [-0.15, -0.1) is 5.10 Å². The maximum Gasteiger partial charge on any atom is 0.142 e. The number of hydrogen-bond donors (Lipinski definition) is 0. The number of nitrogens with zero attached hydrogens (tertiary/aromatic N) is 3. The zero-order valence-electron chi connectivity index (χ0n) is 8.83. The van der Waals surface area contributed by atoms with Gasteiger partial charge in [-0.05, 0) is 22.0 Å². The van der Waals surface area contributed by atoms with Crippen molar-refractivity contribution in [3.05, 3.63) is 10.8 Å². The van der Waals surface area contributed by atoms with Crippen LogP contribution in [0, 0.1) is 0 Å². The van der Waals surface area contributed by atoms with Crippen LogP contribution in [0.25, 0.3) is 0 Å². The molecule has 0 aliphatic heterocycles. The molecule has 4 nitrogen and oxygen atoms in total. The zero-order chi connectivity index (χ0) is 10.6. The Morgan fingerprint density at radius 3 is 2.71 bits per heavy atom. The third-order valence-corrected chi connectivity index (χ3v) is 4.10. The second kappa shape index (κ2) is 5.04. The van der Waals surface area contributed by atoms with E-state index in [9.17, 15) is 0 Å². The van der Waals surface area contributed by atoms with Crippen LogP contribution in [0.3, 0.4) is 0 Å². The minimum Gasteiger partial charge on any atom is -0.359 e. The molecule has 0 amide bonds. The van der Waals surface area contributed by atoms with E-state index in [1.54, 1.807) is 10.9 Å². The molecule has 0 bridgehead atoms. The van der Waals surface area contributed by atoms with Crippen LogP contribution in [0.2, 0.25) is 25.7 Å². The monoisotopic (exact) mass is 277 g/mol. The van der Waals surface area contributed by atoms with Gasteiger partial charge in [-0.25, -0.2) is 4.68 Å². The van der Waals surface area contributed by atoms with Crippen LogP contribution >= 0.6 is 15.9 Å². The van der Waals surface area contributed by atoms with Crippen LogP contribution in [-0.2, 0) is 11.5 Å². The maximum absolute atomic E-state index is 5.50. The Morgan fingerprint density at radius 2 is 2.21 bits per heavy atom. The number of aromatic nitrogens is 3. The Labute approximate surface area is 93.8 Å². The molecule has 1 heterocycles. The molecule has 0 N–H and O–H groups in total. The lowest BCUT2D eigenvalue weighted by Crippen LogP contribution is -2.22. The molecule has 1 aromatic heterocycles. The molecule has 80 valence electrons. The number of hydrogen-bond acceptors (Lipinski definition) is 3. The molecule has 0 atom stereocenters. The van der Waals surface area contributed by atoms with Crippen molar-refractivity contribution < 1.29 is 4.74 Å². The largest absolute Gasteiger partial charge is 0.359 e. The Hall–Kier alpha value is -0.203. The van der Waals surface area contributed by atoms with Crippen molar-refractivity contribution in [2.75, 3.05) is 6.61 Å². The van der Waals surface area contributed by atoms with Crippen LogP contribution in [0.4, 0.5) is 0 Å². The highest BCUT2D eigenvalue weighted by Gasteiger charge is 2.12. The third-order valence-electron chi connectivity index (χ3n) is 1.78. The highest BCUT2D eigenvalue weighted by atomic mass is 79.9. The van der Waals surface area contributed by atoms with Gasteiger partial charge in [-0.2, -0.15) is 0 Å². The van der Waals surface area contributed by atoms with Gasteiger partial charge in [0.2, 0.25) is 0 Å². The summed E-state index contributed by atoms with van der Waals surface area (Å²) in [6, 6.07) is 1.18. The average molecular weight is 278 g/mol. The highest BCUT2D eigenvalue weighted by molar-refractivity contribution is 9.10. The Kier molecular flexibility index (Phi) is 4.27. The van der Waals surface area contributed by atoms with E-state index < -0.39 is 8.07 Å². The van der Waals surface area contributed by atoms with Crippen molar-refractivity contribution in [1.29, 1.82) is 0 Å². The lowest BCUT2D eigenvalue weighted by atomic mass is 10.8. The van der Waals surface area contributed by atoms with E-state index in [-0.39, 0.29) is 0 Å². The lowest BCUT2D eigenvalue weighted by Gasteiger charge is -2.15. The fourth-order valence-corrected chi connectivity index (χ4v) is 1.88. The average Bonchev–Trinajstić information content (AvgIpc) is 2.44. The summed E-state index contributed by atoms with van der Waals surface area (Å²) in [5, 5.41) is 7.60. The summed E-state index contributed by atoms with van der Waals surface area (Å²) in [7, 11) is -0.975. The van der Waals surface area contributed by atoms with Gasteiger partial charge >= 0.3 is 0 Å². The van der Waals surface area contributed by atoms with Gasteiger partial charge < -0.3 is 4.74 Å². The fourth-order valence-electron chi connectivity index (χ4n) is 0.862. The number of ether oxygens (including phenoxy) is 1. The molecule has 0 spiro atoms. The van der Waals surface area contributed by atoms with Crippen LogP contribution < -0.4 is 0 Å². The first-order valence-corrected chi connectivity index (χ1v) is 9.11. The highest BCUT2D eigenvalue weighted by Crippen LogP contribution is 2.09. The normalized spacial score (nSPS) is 12.0. The van der Waals surface area contributed by atoms with Gasteiger partial charge in [-0.3, -0.25) is 0 Å². The van der Waals surface area contributed by atoms with E-state index in [0.717, 1.165) is 11.2 Å². The summed E-state index contributed by atoms with van der Waals surface area (Å²) in [5.41, 5.74) is 0. The van der Waals surface area contributed by atoms with Crippen molar-refractivity contribution in [2.45, 2.75) is 32.4 Å². The quantitative estimate of drug-likeness (QED) is 0.613. The van der Waals surface area contributed by atoms with E-state index in [2.05, 4.69) is 45.9 Å². The van der Waals surface area contributed by atoms with Crippen molar-refractivity contribution >= 4 is 24.0 Å². The van der Waals surface area contributed by atoms with Crippen LogP contribution in [0.5, 0.6) is 0 Å². The van der Waals surface area contributed by atoms with E-state index >= 15 is 0 Å². The van der Waals surface area contributed by atoms with Crippen LogP contribution in [0.15, 0.2) is 10.8 Å². The third kappa shape index (κ3) is 4.34. The summed E-state index contributed by atoms with van der Waals surface area (Å²) in [4.78, 5) is 0. The molecule has 0 fully saturated rings. The summed E-state index contributed by atoms with van der Waals surface area (Å²) < 4.78 is 8.04. The molecular formula is C8H16BrN3OSi. The van der Waals surface area contributed by atoms with Gasteiger partial charge in [0.15, 0.2) is 0 Å². The Morgan fingerprint density at radius 1 is 1.50 bits per heavy atom. The Balaban J connectivity index is 2.20.